The number of nitrogens with zero attached hydrogens (tertiary/aromatic N) is 3. The maximum Gasteiger partial charge on any atom is 0.269 e. The van der Waals surface area contributed by atoms with E-state index in [1.165, 1.54) is 36.4 Å². The third kappa shape index (κ3) is 10.8. The van der Waals surface area contributed by atoms with E-state index in [1.54, 1.807) is 36.4 Å². The summed E-state index contributed by atoms with van der Waals surface area (Å²) in [6.07, 6.45) is 2.10. The van der Waals surface area contributed by atoms with Crippen LogP contribution in [0, 0.1) is 30.3 Å². The molecule has 0 aliphatic carbocycles. The van der Waals surface area contributed by atoms with Crippen LogP contribution in [0.2, 0.25) is 0 Å². The molecule has 15 nitrogen and oxygen atoms in total. The van der Waals surface area contributed by atoms with Crippen molar-refractivity contribution in [2.45, 2.75) is 59.7 Å². The molecule has 0 aliphatic rings. The Morgan fingerprint density at radius 1 is 0.444 bits per heavy atom. The maximum absolute atomic E-state index is 11.1. The van der Waals surface area contributed by atoms with E-state index < -0.39 is 14.8 Å². The van der Waals surface area contributed by atoms with Gasteiger partial charge in [0, 0.05) is 73.1 Å². The van der Waals surface area contributed by atoms with Gasteiger partial charge in [-0.05, 0) is 126 Å². The van der Waals surface area contributed by atoms with E-state index in [1.807, 2.05) is 0 Å². The van der Waals surface area contributed by atoms with Gasteiger partial charge in [0.1, 0.15) is 0 Å². The Bertz CT molecular complexity index is 1790. The number of non-ortho nitro benzene ring substituents is 3. The lowest BCUT2D eigenvalue weighted by Crippen LogP contribution is -2.33. The summed E-state index contributed by atoms with van der Waals surface area (Å²) in [5.74, 6) is 0. The van der Waals surface area contributed by atoms with E-state index >= 15 is 0 Å². The molecule has 0 spiro atoms. The molecule has 4 rings (SSSR count). The summed E-state index contributed by atoms with van der Waals surface area (Å²) in [5.41, 5.74) is 8.26. The normalized spacial score (nSPS) is 10.5. The van der Waals surface area contributed by atoms with Gasteiger partial charge >= 0.3 is 0 Å². The van der Waals surface area contributed by atoms with Gasteiger partial charge in [0.2, 0.25) is 0 Å². The van der Waals surface area contributed by atoms with Crippen LogP contribution in [0.25, 0.3) is 0 Å². The lowest BCUT2D eigenvalue weighted by Gasteiger charge is -2.27. The first-order chi connectivity index (χ1) is 25.8. The first-order valence-corrected chi connectivity index (χ1v) is 18.1. The molecular formula is C36H39N9O6S3. The van der Waals surface area contributed by atoms with Crippen LogP contribution in [0.3, 0.4) is 0 Å². The van der Waals surface area contributed by atoms with Gasteiger partial charge in [-0.15, -0.1) is 0 Å². The van der Waals surface area contributed by atoms with Crippen molar-refractivity contribution in [2.75, 3.05) is 16.0 Å². The predicted octanol–water partition coefficient (Wildman–Crippen LogP) is 7.56. The van der Waals surface area contributed by atoms with Gasteiger partial charge < -0.3 is 31.9 Å². The number of hydrogen-bond acceptors (Lipinski definition) is 9. The molecule has 6 N–H and O–H groups in total. The van der Waals surface area contributed by atoms with Crippen LogP contribution in [-0.4, -0.2) is 30.1 Å². The fraction of sp³-hybridized carbons (Fsp3) is 0.250. The van der Waals surface area contributed by atoms with E-state index in [0.29, 0.717) is 71.3 Å². The zero-order valence-electron chi connectivity index (χ0n) is 29.7. The van der Waals surface area contributed by atoms with Gasteiger partial charge in [0.15, 0.2) is 15.3 Å². The second kappa shape index (κ2) is 19.3. The van der Waals surface area contributed by atoms with Crippen LogP contribution in [0.4, 0.5) is 34.1 Å². The summed E-state index contributed by atoms with van der Waals surface area (Å²) in [7, 11) is 0. The second-order valence-corrected chi connectivity index (χ2v) is 13.0. The van der Waals surface area contributed by atoms with Gasteiger partial charge in [0.25, 0.3) is 17.1 Å². The van der Waals surface area contributed by atoms with E-state index in [9.17, 15) is 30.3 Å². The smallest absolute Gasteiger partial charge is 0.269 e. The minimum atomic E-state index is -0.464. The van der Waals surface area contributed by atoms with Gasteiger partial charge in [-0.1, -0.05) is 20.8 Å². The zero-order valence-corrected chi connectivity index (χ0v) is 32.1. The molecule has 0 unspecified atom stereocenters. The highest BCUT2D eigenvalue weighted by atomic mass is 32.1. The number of hydrogen-bond donors (Lipinski definition) is 6. The quantitative estimate of drug-likeness (QED) is 0.0391. The molecule has 0 heterocycles. The highest BCUT2D eigenvalue weighted by molar-refractivity contribution is 7.80. The number of thiocarbonyl (C=S) groups is 3. The molecular weight excluding hydrogens is 751 g/mol. The number of rotatable bonds is 15. The van der Waals surface area contributed by atoms with Gasteiger partial charge in [-0.25, -0.2) is 0 Å². The average molecular weight is 790 g/mol. The summed E-state index contributed by atoms with van der Waals surface area (Å²) >= 11 is 16.9. The molecule has 0 atom stereocenters. The lowest BCUT2D eigenvalue weighted by atomic mass is 9.83. The summed E-state index contributed by atoms with van der Waals surface area (Å²) in [4.78, 5) is 31.9. The molecule has 0 fully saturated rings. The van der Waals surface area contributed by atoms with Crippen molar-refractivity contribution >= 4 is 86.1 Å². The number of anilines is 3. The molecule has 54 heavy (non-hydrogen) atoms. The second-order valence-electron chi connectivity index (χ2n) is 11.8. The number of benzene rings is 4. The van der Waals surface area contributed by atoms with Crippen molar-refractivity contribution in [3.05, 3.63) is 137 Å². The van der Waals surface area contributed by atoms with Crippen LogP contribution in [0.1, 0.15) is 54.2 Å². The number of nitro benzene ring substituents is 3. The Hall–Kier alpha value is -5.85. The first-order valence-electron chi connectivity index (χ1n) is 16.9. The van der Waals surface area contributed by atoms with Crippen molar-refractivity contribution in [3.63, 3.8) is 0 Å². The van der Waals surface area contributed by atoms with Crippen molar-refractivity contribution in [2.24, 2.45) is 0 Å². The summed E-state index contributed by atoms with van der Waals surface area (Å²) in [6.45, 7) is 7.40. The van der Waals surface area contributed by atoms with Crippen molar-refractivity contribution < 1.29 is 14.8 Å². The number of nitro groups is 3. The Kier molecular flexibility index (Phi) is 14.6. The van der Waals surface area contributed by atoms with Crippen LogP contribution in [-0.2, 0) is 38.9 Å². The molecule has 0 aromatic heterocycles. The molecule has 18 heteroatoms. The molecule has 0 radical (unpaired) electrons. The van der Waals surface area contributed by atoms with E-state index in [-0.39, 0.29) is 17.1 Å². The highest BCUT2D eigenvalue weighted by Gasteiger charge is 2.22. The first kappa shape index (κ1) is 40.9. The number of nitrogens with one attached hydrogen (secondary N) is 6. The van der Waals surface area contributed by atoms with Crippen molar-refractivity contribution in [1.82, 2.24) is 16.0 Å². The Morgan fingerprint density at radius 2 is 0.667 bits per heavy atom. The minimum absolute atomic E-state index is 0.0252. The SMILES string of the molecule is CCc1c(CNC(=S)Nc2ccc([N+](=O)[O-])cc2)c(CC)c(CNC(=S)Nc2ccc([N+](=O)[O-])cc2)c(CC)c1CNC(=S)Nc1ccc([N+](=O)[O-])cc1. The van der Waals surface area contributed by atoms with Crippen LogP contribution in [0.15, 0.2) is 72.8 Å². The predicted molar refractivity (Wildman–Crippen MR) is 223 cm³/mol. The third-order valence-electron chi connectivity index (χ3n) is 8.53. The summed E-state index contributed by atoms with van der Waals surface area (Å²) in [6, 6.07) is 17.9. The van der Waals surface area contributed by atoms with E-state index in [4.69, 9.17) is 36.7 Å². The van der Waals surface area contributed by atoms with Crippen LogP contribution < -0.4 is 31.9 Å². The summed E-state index contributed by atoms with van der Waals surface area (Å²) in [5, 5.41) is 53.5. The van der Waals surface area contributed by atoms with Crippen LogP contribution in [0.5, 0.6) is 0 Å². The molecule has 0 aliphatic heterocycles. The van der Waals surface area contributed by atoms with Gasteiger partial charge in [-0.2, -0.15) is 0 Å². The lowest BCUT2D eigenvalue weighted by molar-refractivity contribution is -0.385. The molecule has 4 aromatic carbocycles. The molecule has 0 saturated heterocycles. The molecule has 4 aromatic rings. The maximum atomic E-state index is 11.1. The zero-order chi connectivity index (χ0) is 39.4. The standard InChI is InChI=1S/C36H39N9O6S3/c1-4-28-31(19-37-34(52)40-22-7-13-25(14-8-22)43(46)47)29(5-2)33(21-39-36(54)42-24-11-17-27(18-12-24)45(50)51)30(6-3)32(28)20-38-35(53)41-23-9-15-26(16-10-23)44(48)49/h7-18H,4-6,19-21H2,1-3H3,(H2,37,40,52)(H2,38,41,53)(H2,39,42,54). The Labute approximate surface area is 327 Å². The van der Waals surface area contributed by atoms with Crippen molar-refractivity contribution in [3.8, 4) is 0 Å². The monoisotopic (exact) mass is 789 g/mol. The Morgan fingerprint density at radius 3 is 0.852 bits per heavy atom. The molecule has 0 amide bonds. The largest absolute Gasteiger partial charge is 0.358 e. The summed E-state index contributed by atoms with van der Waals surface area (Å²) < 4.78 is 0. The highest BCUT2D eigenvalue weighted by Crippen LogP contribution is 2.31. The van der Waals surface area contributed by atoms with E-state index in [2.05, 4.69) is 52.7 Å². The molecule has 282 valence electrons. The molecule has 0 saturated carbocycles. The van der Waals surface area contributed by atoms with Crippen molar-refractivity contribution in [1.29, 1.82) is 0 Å². The van der Waals surface area contributed by atoms with E-state index in [0.717, 1.165) is 33.4 Å². The average Bonchev–Trinajstić information content (AvgIpc) is 3.15. The third-order valence-corrected chi connectivity index (χ3v) is 9.27. The van der Waals surface area contributed by atoms with Gasteiger partial charge in [0.05, 0.1) is 14.8 Å². The Balaban J connectivity index is 1.62. The fourth-order valence-electron chi connectivity index (χ4n) is 6.04. The van der Waals surface area contributed by atoms with Gasteiger partial charge in [-0.3, -0.25) is 30.3 Å². The molecule has 0 bridgehead atoms. The topological polar surface area (TPSA) is 202 Å². The van der Waals surface area contributed by atoms with Crippen LogP contribution >= 0.6 is 36.7 Å². The minimum Gasteiger partial charge on any atom is -0.358 e. The fourth-order valence-corrected chi connectivity index (χ4v) is 6.61.